The molecule has 0 heteroatoms. The first-order valence-corrected chi connectivity index (χ1v) is 8.11. The summed E-state index contributed by atoms with van der Waals surface area (Å²) in [6.07, 6.45) is 10.0. The highest BCUT2D eigenvalue weighted by Crippen LogP contribution is 2.07. The van der Waals surface area contributed by atoms with Crippen molar-refractivity contribution < 1.29 is 0 Å². The molecule has 0 unspecified atom stereocenters. The van der Waals surface area contributed by atoms with Crippen molar-refractivity contribution in [1.29, 1.82) is 0 Å². The van der Waals surface area contributed by atoms with E-state index in [0.29, 0.717) is 0 Å². The van der Waals surface area contributed by atoms with Crippen LogP contribution in [0, 0.1) is 11.8 Å². The quantitative estimate of drug-likeness (QED) is 0.442. The van der Waals surface area contributed by atoms with Gasteiger partial charge in [0, 0.05) is 0 Å². The molecule has 2 rings (SSSR count). The molecule has 0 spiro atoms. The maximum atomic E-state index is 2.27. The van der Waals surface area contributed by atoms with Crippen molar-refractivity contribution in [3.8, 4) is 0 Å². The zero-order valence-corrected chi connectivity index (χ0v) is 14.6. The molecule has 1 aromatic rings. The minimum atomic E-state index is 0.833. The number of rotatable bonds is 0. The minimum Gasteiger partial charge on any atom is -0.0885 e. The summed E-state index contributed by atoms with van der Waals surface area (Å²) < 4.78 is 0. The summed E-state index contributed by atoms with van der Waals surface area (Å²) >= 11 is 0. The van der Waals surface area contributed by atoms with Crippen LogP contribution in [0.25, 0.3) is 0 Å². The van der Waals surface area contributed by atoms with E-state index in [0.717, 1.165) is 11.8 Å². The molecule has 0 heterocycles. The van der Waals surface area contributed by atoms with Crippen LogP contribution in [-0.2, 0) is 0 Å². The van der Waals surface area contributed by atoms with Gasteiger partial charge in [-0.15, -0.1) is 0 Å². The maximum absolute atomic E-state index is 2.27. The van der Waals surface area contributed by atoms with Crippen molar-refractivity contribution in [2.45, 2.75) is 67.2 Å². The predicted molar refractivity (Wildman–Crippen MR) is 95.1 cm³/mol. The van der Waals surface area contributed by atoms with E-state index >= 15 is 0 Å². The molecule has 0 saturated heterocycles. The van der Waals surface area contributed by atoms with Gasteiger partial charge in [-0.1, -0.05) is 90.1 Å². The zero-order valence-electron chi connectivity index (χ0n) is 14.6. The van der Waals surface area contributed by atoms with E-state index in [1.165, 1.54) is 25.7 Å². The summed E-state index contributed by atoms with van der Waals surface area (Å²) in [4.78, 5) is 0. The number of allylic oxidation sites excluding steroid dienone is 2. The third-order valence-corrected chi connectivity index (χ3v) is 1.82. The molecule has 0 fully saturated rings. The van der Waals surface area contributed by atoms with Gasteiger partial charge in [0.15, 0.2) is 0 Å². The first kappa shape index (κ1) is 21.3. The van der Waals surface area contributed by atoms with E-state index in [2.05, 4.69) is 53.7 Å². The Hall–Kier alpha value is -1.04. The van der Waals surface area contributed by atoms with Crippen molar-refractivity contribution in [2.75, 3.05) is 0 Å². The molecule has 0 saturated carbocycles. The van der Waals surface area contributed by atoms with Gasteiger partial charge in [-0.05, 0) is 37.5 Å². The highest BCUT2D eigenvalue weighted by atomic mass is 13.9. The second-order valence-electron chi connectivity index (χ2n) is 6.37. The van der Waals surface area contributed by atoms with Crippen molar-refractivity contribution in [3.05, 3.63) is 48.6 Å². The molecule has 1 aliphatic carbocycles. The molecular formula is C20H36. The van der Waals surface area contributed by atoms with E-state index in [1.54, 1.807) is 0 Å². The monoisotopic (exact) mass is 276 g/mol. The Kier molecular flexibility index (Phi) is 19.1. The third-order valence-electron chi connectivity index (χ3n) is 1.82. The van der Waals surface area contributed by atoms with E-state index in [9.17, 15) is 0 Å². The van der Waals surface area contributed by atoms with Gasteiger partial charge >= 0.3 is 0 Å². The molecule has 0 amide bonds. The molecule has 0 radical (unpaired) electrons. The average Bonchev–Trinajstić information content (AvgIpc) is 2.42. The van der Waals surface area contributed by atoms with Crippen LogP contribution < -0.4 is 0 Å². The van der Waals surface area contributed by atoms with E-state index < -0.39 is 0 Å². The molecule has 0 N–H and O–H groups in total. The smallest absolute Gasteiger partial charge is 0.0351 e. The van der Waals surface area contributed by atoms with E-state index in [4.69, 9.17) is 0 Å². The van der Waals surface area contributed by atoms with Crippen LogP contribution in [-0.4, -0.2) is 0 Å². The lowest BCUT2D eigenvalue weighted by Crippen LogP contribution is -1.77. The molecule has 0 aromatic heterocycles. The van der Waals surface area contributed by atoms with Crippen LogP contribution in [0.1, 0.15) is 67.2 Å². The lowest BCUT2D eigenvalue weighted by molar-refractivity contribution is 0.730. The highest BCUT2D eigenvalue weighted by Gasteiger charge is 1.87. The fourth-order valence-electron chi connectivity index (χ4n) is 1.14. The Labute approximate surface area is 128 Å². The molecule has 0 atom stereocenters. The average molecular weight is 277 g/mol. The van der Waals surface area contributed by atoms with Crippen molar-refractivity contribution in [2.24, 2.45) is 11.8 Å². The van der Waals surface area contributed by atoms with E-state index in [-0.39, 0.29) is 0 Å². The SMILES string of the molecule is C1=CCCCC1.CC(C)C.CC(C)C.c1ccccc1. The summed E-state index contributed by atoms with van der Waals surface area (Å²) in [5.41, 5.74) is 0. The predicted octanol–water partition coefficient (Wildman–Crippen LogP) is 7.13. The van der Waals surface area contributed by atoms with Crippen molar-refractivity contribution >= 4 is 0 Å². The van der Waals surface area contributed by atoms with Gasteiger partial charge in [-0.2, -0.15) is 0 Å². The molecule has 0 aliphatic heterocycles. The lowest BCUT2D eigenvalue weighted by atomic mass is 10.1. The summed E-state index contributed by atoms with van der Waals surface area (Å²) in [5, 5.41) is 0. The van der Waals surface area contributed by atoms with E-state index in [1.807, 2.05) is 36.4 Å². The van der Waals surface area contributed by atoms with Gasteiger partial charge in [0.05, 0.1) is 0 Å². The van der Waals surface area contributed by atoms with Gasteiger partial charge in [0.2, 0.25) is 0 Å². The molecule has 1 aromatic carbocycles. The Morgan fingerprint density at radius 3 is 0.800 bits per heavy atom. The highest BCUT2D eigenvalue weighted by molar-refractivity contribution is 4.99. The Morgan fingerprint density at radius 2 is 0.700 bits per heavy atom. The maximum Gasteiger partial charge on any atom is -0.0351 e. The van der Waals surface area contributed by atoms with Gasteiger partial charge in [-0.3, -0.25) is 0 Å². The van der Waals surface area contributed by atoms with Crippen LogP contribution in [0.2, 0.25) is 0 Å². The second-order valence-corrected chi connectivity index (χ2v) is 6.37. The molecule has 0 nitrogen and oxygen atoms in total. The van der Waals surface area contributed by atoms with Gasteiger partial charge in [0.1, 0.15) is 0 Å². The van der Waals surface area contributed by atoms with Crippen molar-refractivity contribution in [1.82, 2.24) is 0 Å². The molecule has 1 aliphatic rings. The Balaban J connectivity index is 0. The van der Waals surface area contributed by atoms with Gasteiger partial charge < -0.3 is 0 Å². The Bertz CT molecular complexity index is 223. The van der Waals surface area contributed by atoms with Crippen LogP contribution in [0.15, 0.2) is 48.6 Å². The number of hydrogen-bond donors (Lipinski definition) is 0. The summed E-state index contributed by atoms with van der Waals surface area (Å²) in [6, 6.07) is 12.0. The topological polar surface area (TPSA) is 0 Å². The minimum absolute atomic E-state index is 0.833. The van der Waals surface area contributed by atoms with Crippen LogP contribution in [0.4, 0.5) is 0 Å². The van der Waals surface area contributed by atoms with Crippen LogP contribution in [0.5, 0.6) is 0 Å². The molecule has 0 bridgehead atoms. The number of hydrogen-bond acceptors (Lipinski definition) is 0. The third kappa shape index (κ3) is 36.0. The van der Waals surface area contributed by atoms with Crippen LogP contribution >= 0.6 is 0 Å². The molecule has 20 heavy (non-hydrogen) atoms. The Morgan fingerprint density at radius 1 is 0.500 bits per heavy atom. The van der Waals surface area contributed by atoms with Gasteiger partial charge in [-0.25, -0.2) is 0 Å². The van der Waals surface area contributed by atoms with Crippen molar-refractivity contribution in [3.63, 3.8) is 0 Å². The van der Waals surface area contributed by atoms with Gasteiger partial charge in [0.25, 0.3) is 0 Å². The van der Waals surface area contributed by atoms with Crippen LogP contribution in [0.3, 0.4) is 0 Å². The summed E-state index contributed by atoms with van der Waals surface area (Å²) in [6.45, 7) is 13.0. The molecule has 116 valence electrons. The zero-order chi connectivity index (χ0) is 15.6. The number of benzene rings is 1. The second kappa shape index (κ2) is 18.0. The fraction of sp³-hybridized carbons (Fsp3) is 0.600. The largest absolute Gasteiger partial charge is 0.0885 e. The summed E-state index contributed by atoms with van der Waals surface area (Å²) in [5.74, 6) is 1.67. The first-order valence-electron chi connectivity index (χ1n) is 8.11. The standard InChI is InChI=1S/C6H10.C6H6.2C4H10/c2*1-2-4-6-5-3-1;2*1-4(2)3/h1-2H,3-6H2;1-6H;2*4H,1-3H3. The first-order chi connectivity index (χ1) is 9.46. The normalized spacial score (nSPS) is 12.4. The summed E-state index contributed by atoms with van der Waals surface area (Å²) in [7, 11) is 0. The fourth-order valence-corrected chi connectivity index (χ4v) is 1.14. The lowest BCUT2D eigenvalue weighted by Gasteiger charge is -1.97. The molecular weight excluding hydrogens is 240 g/mol.